The summed E-state index contributed by atoms with van der Waals surface area (Å²) in [7, 11) is 0. The largest absolute Gasteiger partial charge is 0.490 e. The molecular weight excluding hydrogens is 387 g/mol. The second kappa shape index (κ2) is 10.8. The number of carbonyl (C=O) groups excluding carboxylic acids is 1. The van der Waals surface area contributed by atoms with Crippen molar-refractivity contribution >= 4 is 5.91 Å². The van der Waals surface area contributed by atoms with Crippen LogP contribution in [0.5, 0.6) is 17.2 Å². The van der Waals surface area contributed by atoms with Crippen LogP contribution in [0.2, 0.25) is 0 Å². The Morgan fingerprint density at radius 2 is 1.90 bits per heavy atom. The average molecular weight is 416 g/mol. The van der Waals surface area contributed by atoms with Crippen LogP contribution in [0, 0.1) is 11.7 Å². The highest BCUT2D eigenvalue weighted by Crippen LogP contribution is 2.34. The molecule has 0 spiro atoms. The lowest BCUT2D eigenvalue weighted by Gasteiger charge is -2.24. The molecule has 0 fully saturated rings. The van der Waals surface area contributed by atoms with Crippen molar-refractivity contribution in [3.05, 3.63) is 53.8 Å². The quantitative estimate of drug-likeness (QED) is 0.613. The van der Waals surface area contributed by atoms with E-state index in [0.717, 1.165) is 17.7 Å². The van der Waals surface area contributed by atoms with Gasteiger partial charge in [-0.2, -0.15) is 0 Å². The van der Waals surface area contributed by atoms with Crippen molar-refractivity contribution in [3.63, 3.8) is 0 Å². The third-order valence-corrected chi connectivity index (χ3v) is 4.77. The standard InChI is InChI=1S/C23H29FN2O4/c1-16(2)23(17-8-9-20-21(14-17)29-12-5-11-28-20)26-22(27)15-25-10-13-30-19-7-4-3-6-18(19)24/h3-4,6-9,14,16,23,25H,5,10-13,15H2,1-2H3,(H,26,27). The molecule has 1 heterocycles. The summed E-state index contributed by atoms with van der Waals surface area (Å²) in [6, 6.07) is 11.9. The molecule has 162 valence electrons. The molecule has 7 heteroatoms. The number of hydrogen-bond acceptors (Lipinski definition) is 5. The van der Waals surface area contributed by atoms with Crippen molar-refractivity contribution in [2.24, 2.45) is 5.92 Å². The van der Waals surface area contributed by atoms with Crippen molar-refractivity contribution in [1.29, 1.82) is 0 Å². The maximum absolute atomic E-state index is 13.5. The number of nitrogens with one attached hydrogen (secondary N) is 2. The molecule has 0 aliphatic carbocycles. The van der Waals surface area contributed by atoms with E-state index in [9.17, 15) is 9.18 Å². The zero-order chi connectivity index (χ0) is 21.3. The second-order valence-corrected chi connectivity index (χ2v) is 7.50. The number of hydrogen-bond donors (Lipinski definition) is 2. The lowest BCUT2D eigenvalue weighted by Crippen LogP contribution is -2.39. The van der Waals surface area contributed by atoms with Gasteiger partial charge in [-0.05, 0) is 35.7 Å². The fourth-order valence-electron chi connectivity index (χ4n) is 3.23. The van der Waals surface area contributed by atoms with Gasteiger partial charge in [0, 0.05) is 13.0 Å². The SMILES string of the molecule is CC(C)C(NC(=O)CNCCOc1ccccc1F)c1ccc2c(c1)OCCCO2. The topological polar surface area (TPSA) is 68.8 Å². The van der Waals surface area contributed by atoms with E-state index >= 15 is 0 Å². The van der Waals surface area contributed by atoms with Gasteiger partial charge in [-0.15, -0.1) is 0 Å². The maximum atomic E-state index is 13.5. The Morgan fingerprint density at radius 3 is 2.67 bits per heavy atom. The summed E-state index contributed by atoms with van der Waals surface area (Å²) in [6.07, 6.45) is 0.848. The fraction of sp³-hybridized carbons (Fsp3) is 0.435. The second-order valence-electron chi connectivity index (χ2n) is 7.50. The zero-order valence-electron chi connectivity index (χ0n) is 17.4. The van der Waals surface area contributed by atoms with Crippen LogP contribution in [0.25, 0.3) is 0 Å². The monoisotopic (exact) mass is 416 g/mol. The number of ether oxygens (including phenoxy) is 3. The highest BCUT2D eigenvalue weighted by molar-refractivity contribution is 5.78. The van der Waals surface area contributed by atoms with Crippen LogP contribution >= 0.6 is 0 Å². The lowest BCUT2D eigenvalue weighted by molar-refractivity contribution is -0.121. The van der Waals surface area contributed by atoms with Gasteiger partial charge < -0.3 is 24.8 Å². The Kier molecular flexibility index (Phi) is 7.90. The minimum atomic E-state index is -0.398. The normalized spacial score (nSPS) is 14.1. The molecule has 30 heavy (non-hydrogen) atoms. The van der Waals surface area contributed by atoms with Crippen molar-refractivity contribution in [1.82, 2.24) is 10.6 Å². The number of amides is 1. The smallest absolute Gasteiger partial charge is 0.234 e. The molecule has 1 atom stereocenters. The summed E-state index contributed by atoms with van der Waals surface area (Å²) in [4.78, 5) is 12.4. The van der Waals surface area contributed by atoms with Crippen LogP contribution < -0.4 is 24.8 Å². The first kappa shape index (κ1) is 21.9. The minimum absolute atomic E-state index is 0.119. The lowest BCUT2D eigenvalue weighted by atomic mass is 9.95. The third-order valence-electron chi connectivity index (χ3n) is 4.77. The first-order valence-corrected chi connectivity index (χ1v) is 10.3. The van der Waals surface area contributed by atoms with E-state index < -0.39 is 5.82 Å². The van der Waals surface area contributed by atoms with Gasteiger partial charge in [-0.1, -0.05) is 32.0 Å². The molecule has 2 aromatic rings. The molecule has 2 N–H and O–H groups in total. The first-order chi connectivity index (χ1) is 14.5. The van der Waals surface area contributed by atoms with E-state index in [1.54, 1.807) is 18.2 Å². The molecule has 0 saturated heterocycles. The van der Waals surface area contributed by atoms with Crippen molar-refractivity contribution in [3.8, 4) is 17.2 Å². The van der Waals surface area contributed by atoms with Gasteiger partial charge in [0.25, 0.3) is 0 Å². The molecule has 1 aliphatic rings. The first-order valence-electron chi connectivity index (χ1n) is 10.3. The molecule has 6 nitrogen and oxygen atoms in total. The van der Waals surface area contributed by atoms with Gasteiger partial charge in [-0.3, -0.25) is 4.79 Å². The van der Waals surface area contributed by atoms with E-state index in [0.29, 0.717) is 25.5 Å². The fourth-order valence-corrected chi connectivity index (χ4v) is 3.23. The molecular formula is C23H29FN2O4. The van der Waals surface area contributed by atoms with Gasteiger partial charge in [-0.25, -0.2) is 4.39 Å². The van der Waals surface area contributed by atoms with Gasteiger partial charge in [0.1, 0.15) is 6.61 Å². The molecule has 0 aromatic heterocycles. The van der Waals surface area contributed by atoms with E-state index in [4.69, 9.17) is 14.2 Å². The summed E-state index contributed by atoms with van der Waals surface area (Å²) in [5, 5.41) is 6.10. The molecule has 0 radical (unpaired) electrons. The Bertz CT molecular complexity index is 844. The van der Waals surface area contributed by atoms with Gasteiger partial charge in [0.05, 0.1) is 25.8 Å². The van der Waals surface area contributed by atoms with Crippen molar-refractivity contribution < 1.29 is 23.4 Å². The summed E-state index contributed by atoms with van der Waals surface area (Å²) < 4.78 is 30.3. The summed E-state index contributed by atoms with van der Waals surface area (Å²) in [5.41, 5.74) is 0.977. The molecule has 0 saturated carbocycles. The molecule has 0 bridgehead atoms. The van der Waals surface area contributed by atoms with Crippen LogP contribution in [0.4, 0.5) is 4.39 Å². The highest BCUT2D eigenvalue weighted by Gasteiger charge is 2.21. The third kappa shape index (κ3) is 6.10. The maximum Gasteiger partial charge on any atom is 0.234 e. The summed E-state index contributed by atoms with van der Waals surface area (Å²) in [6.45, 7) is 6.22. The Hall–Kier alpha value is -2.80. The summed E-state index contributed by atoms with van der Waals surface area (Å²) in [5.74, 6) is 1.34. The predicted octanol–water partition coefficient (Wildman–Crippen LogP) is 3.47. The number of benzene rings is 2. The van der Waals surface area contributed by atoms with E-state index in [-0.39, 0.29) is 36.8 Å². The number of para-hydroxylation sites is 1. The molecule has 1 aliphatic heterocycles. The number of rotatable bonds is 9. The molecule has 3 rings (SSSR count). The van der Waals surface area contributed by atoms with Crippen molar-refractivity contribution in [2.75, 3.05) is 32.9 Å². The predicted molar refractivity (Wildman–Crippen MR) is 113 cm³/mol. The highest BCUT2D eigenvalue weighted by atomic mass is 19.1. The Labute approximate surface area is 176 Å². The van der Waals surface area contributed by atoms with Crippen LogP contribution in [0.1, 0.15) is 31.9 Å². The van der Waals surface area contributed by atoms with Crippen LogP contribution in [-0.4, -0.2) is 38.8 Å². The zero-order valence-corrected chi connectivity index (χ0v) is 17.4. The van der Waals surface area contributed by atoms with Gasteiger partial charge in [0.2, 0.25) is 5.91 Å². The Balaban J connectivity index is 1.48. The van der Waals surface area contributed by atoms with Gasteiger partial charge in [0.15, 0.2) is 23.1 Å². The Morgan fingerprint density at radius 1 is 1.13 bits per heavy atom. The van der Waals surface area contributed by atoms with Crippen molar-refractivity contribution in [2.45, 2.75) is 26.3 Å². The molecule has 1 amide bonds. The number of halogens is 1. The van der Waals surface area contributed by atoms with Crippen LogP contribution in [0.3, 0.4) is 0 Å². The van der Waals surface area contributed by atoms with Crippen LogP contribution in [-0.2, 0) is 4.79 Å². The van der Waals surface area contributed by atoms with E-state index in [2.05, 4.69) is 24.5 Å². The van der Waals surface area contributed by atoms with Crippen LogP contribution in [0.15, 0.2) is 42.5 Å². The molecule has 1 unspecified atom stereocenters. The number of carbonyl (C=O) groups is 1. The van der Waals surface area contributed by atoms with E-state index in [1.807, 2.05) is 18.2 Å². The number of fused-ring (bicyclic) bond motifs is 1. The summed E-state index contributed by atoms with van der Waals surface area (Å²) >= 11 is 0. The average Bonchev–Trinajstić information content (AvgIpc) is 2.97. The van der Waals surface area contributed by atoms with E-state index in [1.165, 1.54) is 6.07 Å². The van der Waals surface area contributed by atoms with Gasteiger partial charge >= 0.3 is 0 Å². The molecule has 2 aromatic carbocycles. The minimum Gasteiger partial charge on any atom is -0.490 e.